The smallest absolute Gasteiger partial charge is 0.358 e. The van der Waals surface area contributed by atoms with Gasteiger partial charge in [-0.05, 0) is 31.2 Å². The lowest BCUT2D eigenvalue weighted by molar-refractivity contribution is 0.0290. The molecule has 0 radical (unpaired) electrons. The number of aliphatic hydroxyl groups excluding tert-OH is 1. The zero-order valence-electron chi connectivity index (χ0n) is 10.5. The van der Waals surface area contributed by atoms with E-state index in [1.807, 2.05) is 6.07 Å². The molecule has 19 heavy (non-hydrogen) atoms. The summed E-state index contributed by atoms with van der Waals surface area (Å²) in [6, 6.07) is 8.70. The second kappa shape index (κ2) is 5.53. The van der Waals surface area contributed by atoms with Gasteiger partial charge < -0.3 is 15.6 Å². The molecule has 0 saturated carbocycles. The molecule has 6 nitrogen and oxygen atoms in total. The quantitative estimate of drug-likeness (QED) is 0.632. The molecular weight excluding hydrogens is 246 g/mol. The van der Waals surface area contributed by atoms with Gasteiger partial charge >= 0.3 is 5.97 Å². The highest BCUT2D eigenvalue weighted by molar-refractivity contribution is 5.87. The molecule has 0 fully saturated rings. The number of carbonyl (C=O) groups is 1. The molecule has 1 unspecified atom stereocenters. The Labute approximate surface area is 110 Å². The standard InChI is InChI=1S/C13H15N3O3/c1-9(17)8-19-13(18)12-5-6-16(15-12)11-4-2-3-10(14)7-11/h2-7,9,17H,8,14H2,1H3. The van der Waals surface area contributed by atoms with Crippen molar-refractivity contribution >= 4 is 11.7 Å². The molecule has 0 aliphatic carbocycles. The number of aromatic nitrogens is 2. The molecule has 1 aromatic carbocycles. The SMILES string of the molecule is CC(O)COC(=O)c1ccn(-c2cccc(N)c2)n1. The van der Waals surface area contributed by atoms with Gasteiger partial charge in [0.05, 0.1) is 11.8 Å². The van der Waals surface area contributed by atoms with Gasteiger partial charge in [-0.25, -0.2) is 9.48 Å². The number of rotatable bonds is 4. The summed E-state index contributed by atoms with van der Waals surface area (Å²) in [4.78, 5) is 11.6. The first-order chi connectivity index (χ1) is 9.06. The summed E-state index contributed by atoms with van der Waals surface area (Å²) in [5.74, 6) is -0.566. The van der Waals surface area contributed by atoms with Crippen LogP contribution in [0.1, 0.15) is 17.4 Å². The highest BCUT2D eigenvalue weighted by atomic mass is 16.5. The average molecular weight is 261 g/mol. The van der Waals surface area contributed by atoms with Crippen LogP contribution >= 0.6 is 0 Å². The summed E-state index contributed by atoms with van der Waals surface area (Å²) >= 11 is 0. The molecule has 1 heterocycles. The summed E-state index contributed by atoms with van der Waals surface area (Å²) in [6.07, 6.45) is 0.952. The summed E-state index contributed by atoms with van der Waals surface area (Å²) in [5, 5.41) is 13.1. The minimum Gasteiger partial charge on any atom is -0.458 e. The summed E-state index contributed by atoms with van der Waals surface area (Å²) in [7, 11) is 0. The molecule has 0 aliphatic heterocycles. The fraction of sp³-hybridized carbons (Fsp3) is 0.231. The van der Waals surface area contributed by atoms with Crippen molar-refractivity contribution in [3.63, 3.8) is 0 Å². The number of carbonyl (C=O) groups excluding carboxylic acids is 1. The minimum absolute atomic E-state index is 0.0516. The Morgan fingerprint density at radius 1 is 1.53 bits per heavy atom. The van der Waals surface area contributed by atoms with Crippen LogP contribution in [0.4, 0.5) is 5.69 Å². The molecule has 1 atom stereocenters. The topological polar surface area (TPSA) is 90.4 Å². The second-order valence-electron chi connectivity index (χ2n) is 4.19. The Balaban J connectivity index is 2.13. The van der Waals surface area contributed by atoms with Crippen molar-refractivity contribution in [3.05, 3.63) is 42.2 Å². The highest BCUT2D eigenvalue weighted by Crippen LogP contribution is 2.12. The van der Waals surface area contributed by atoms with Crippen LogP contribution < -0.4 is 5.73 Å². The van der Waals surface area contributed by atoms with E-state index in [9.17, 15) is 4.79 Å². The van der Waals surface area contributed by atoms with Crippen molar-refractivity contribution < 1.29 is 14.6 Å². The van der Waals surface area contributed by atoms with Gasteiger partial charge in [0, 0.05) is 11.9 Å². The third-order valence-corrected chi connectivity index (χ3v) is 2.39. The molecule has 2 rings (SSSR count). The van der Waals surface area contributed by atoms with Gasteiger partial charge in [-0.15, -0.1) is 0 Å². The molecular formula is C13H15N3O3. The Hall–Kier alpha value is -2.34. The molecule has 6 heteroatoms. The van der Waals surface area contributed by atoms with Crippen LogP contribution in [-0.4, -0.2) is 33.6 Å². The van der Waals surface area contributed by atoms with Crippen molar-refractivity contribution in [2.75, 3.05) is 12.3 Å². The number of hydrogen-bond acceptors (Lipinski definition) is 5. The molecule has 0 saturated heterocycles. The van der Waals surface area contributed by atoms with Crippen LogP contribution in [0.25, 0.3) is 5.69 Å². The molecule has 0 bridgehead atoms. The Kier molecular flexibility index (Phi) is 3.82. The number of esters is 1. The van der Waals surface area contributed by atoms with Gasteiger partial charge in [0.1, 0.15) is 6.61 Å². The Bertz CT molecular complexity index is 578. The maximum absolute atomic E-state index is 11.6. The lowest BCUT2D eigenvalue weighted by Gasteiger charge is -2.04. The molecule has 1 aromatic heterocycles. The van der Waals surface area contributed by atoms with Gasteiger partial charge in [-0.3, -0.25) is 0 Å². The first-order valence-corrected chi connectivity index (χ1v) is 5.83. The van der Waals surface area contributed by atoms with Gasteiger partial charge in [-0.1, -0.05) is 6.07 Å². The van der Waals surface area contributed by atoms with Crippen LogP contribution in [0.15, 0.2) is 36.5 Å². The highest BCUT2D eigenvalue weighted by Gasteiger charge is 2.12. The van der Waals surface area contributed by atoms with E-state index in [1.165, 1.54) is 4.68 Å². The number of hydrogen-bond donors (Lipinski definition) is 2. The maximum atomic E-state index is 11.6. The predicted octanol–water partition coefficient (Wildman–Crippen LogP) is 0.992. The summed E-state index contributed by atoms with van der Waals surface area (Å²) in [5.41, 5.74) is 7.24. The number of aliphatic hydroxyl groups is 1. The Morgan fingerprint density at radius 2 is 2.32 bits per heavy atom. The number of ether oxygens (including phenoxy) is 1. The monoisotopic (exact) mass is 261 g/mol. The molecule has 0 amide bonds. The second-order valence-corrected chi connectivity index (χ2v) is 4.19. The van der Waals surface area contributed by atoms with E-state index in [-0.39, 0.29) is 12.3 Å². The van der Waals surface area contributed by atoms with Crippen molar-refractivity contribution in [1.82, 2.24) is 9.78 Å². The van der Waals surface area contributed by atoms with Gasteiger partial charge in [0.25, 0.3) is 0 Å². The fourth-order valence-corrected chi connectivity index (χ4v) is 1.51. The van der Waals surface area contributed by atoms with Crippen LogP contribution in [0.3, 0.4) is 0 Å². The van der Waals surface area contributed by atoms with E-state index in [1.54, 1.807) is 37.4 Å². The zero-order chi connectivity index (χ0) is 13.8. The van der Waals surface area contributed by atoms with E-state index < -0.39 is 12.1 Å². The van der Waals surface area contributed by atoms with E-state index in [0.717, 1.165) is 5.69 Å². The van der Waals surface area contributed by atoms with Crippen LogP contribution in [0.5, 0.6) is 0 Å². The fourth-order valence-electron chi connectivity index (χ4n) is 1.51. The zero-order valence-corrected chi connectivity index (χ0v) is 10.5. The summed E-state index contributed by atoms with van der Waals surface area (Å²) < 4.78 is 6.41. The largest absolute Gasteiger partial charge is 0.458 e. The van der Waals surface area contributed by atoms with Crippen molar-refractivity contribution in [3.8, 4) is 5.69 Å². The third-order valence-electron chi connectivity index (χ3n) is 2.39. The van der Waals surface area contributed by atoms with E-state index in [0.29, 0.717) is 5.69 Å². The van der Waals surface area contributed by atoms with E-state index >= 15 is 0 Å². The van der Waals surface area contributed by atoms with Crippen molar-refractivity contribution in [2.24, 2.45) is 0 Å². The Morgan fingerprint density at radius 3 is 3.00 bits per heavy atom. The normalized spacial score (nSPS) is 12.1. The van der Waals surface area contributed by atoms with E-state index in [2.05, 4.69) is 5.10 Å². The van der Waals surface area contributed by atoms with Crippen LogP contribution in [0.2, 0.25) is 0 Å². The van der Waals surface area contributed by atoms with Gasteiger partial charge in [0.2, 0.25) is 0 Å². The third kappa shape index (κ3) is 3.32. The predicted molar refractivity (Wildman–Crippen MR) is 69.9 cm³/mol. The molecule has 0 spiro atoms. The molecule has 0 aliphatic rings. The maximum Gasteiger partial charge on any atom is 0.358 e. The number of anilines is 1. The minimum atomic E-state index is -0.694. The number of benzene rings is 1. The molecule has 100 valence electrons. The molecule has 3 N–H and O–H groups in total. The van der Waals surface area contributed by atoms with E-state index in [4.69, 9.17) is 15.6 Å². The number of nitrogens with zero attached hydrogens (tertiary/aromatic N) is 2. The lowest BCUT2D eigenvalue weighted by atomic mass is 10.3. The first-order valence-electron chi connectivity index (χ1n) is 5.83. The summed E-state index contributed by atoms with van der Waals surface area (Å²) in [6.45, 7) is 1.49. The number of nitrogens with two attached hydrogens (primary N) is 1. The number of nitrogen functional groups attached to an aromatic ring is 1. The van der Waals surface area contributed by atoms with Crippen molar-refractivity contribution in [2.45, 2.75) is 13.0 Å². The van der Waals surface area contributed by atoms with Crippen molar-refractivity contribution in [1.29, 1.82) is 0 Å². The molecule has 2 aromatic rings. The van der Waals surface area contributed by atoms with Gasteiger partial charge in [0.15, 0.2) is 5.69 Å². The lowest BCUT2D eigenvalue weighted by Crippen LogP contribution is -2.15. The first kappa shape index (κ1) is 13.1. The van der Waals surface area contributed by atoms with Crippen LogP contribution in [0, 0.1) is 0 Å². The van der Waals surface area contributed by atoms with Gasteiger partial charge in [-0.2, -0.15) is 5.10 Å². The average Bonchev–Trinajstić information content (AvgIpc) is 2.85. The van der Waals surface area contributed by atoms with Crippen LogP contribution in [-0.2, 0) is 4.74 Å².